The van der Waals surface area contributed by atoms with Gasteiger partial charge >= 0.3 is 0 Å². The van der Waals surface area contributed by atoms with Gasteiger partial charge in [-0.1, -0.05) is 0 Å². The summed E-state index contributed by atoms with van der Waals surface area (Å²) in [5, 5.41) is 6.51. The predicted molar refractivity (Wildman–Crippen MR) is 123 cm³/mol. The van der Waals surface area contributed by atoms with Crippen molar-refractivity contribution >= 4 is 27.3 Å². The van der Waals surface area contributed by atoms with Gasteiger partial charge in [-0.25, -0.2) is 8.42 Å². The van der Waals surface area contributed by atoms with E-state index in [2.05, 4.69) is 15.5 Å². The SMILES string of the molecule is O=C(CNc1cc(S(=O)(=O)N2CCOCC2)ccc1N1CCCC1)NC(C1CC1)C1CC1. The number of ether oxygens (including phenoxy) is 1. The molecule has 2 heterocycles. The largest absolute Gasteiger partial charge is 0.379 e. The average Bonchev–Trinajstić information content (AvgIpc) is 3.75. The number of rotatable bonds is 9. The number of anilines is 2. The fourth-order valence-corrected chi connectivity index (χ4v) is 6.37. The number of hydrogen-bond donors (Lipinski definition) is 2. The summed E-state index contributed by atoms with van der Waals surface area (Å²) < 4.78 is 33.1. The van der Waals surface area contributed by atoms with Gasteiger partial charge in [-0.3, -0.25) is 4.79 Å². The summed E-state index contributed by atoms with van der Waals surface area (Å²) in [4.78, 5) is 15.3. The maximum atomic E-state index is 13.2. The van der Waals surface area contributed by atoms with Crippen LogP contribution in [0.15, 0.2) is 23.1 Å². The van der Waals surface area contributed by atoms with Gasteiger partial charge in [0.2, 0.25) is 15.9 Å². The van der Waals surface area contributed by atoms with Crippen LogP contribution in [0.25, 0.3) is 0 Å². The number of carbonyl (C=O) groups excluding carboxylic acids is 1. The van der Waals surface area contributed by atoms with Crippen LogP contribution in [0.5, 0.6) is 0 Å². The lowest BCUT2D eigenvalue weighted by Crippen LogP contribution is -2.41. The molecule has 176 valence electrons. The van der Waals surface area contributed by atoms with Crippen molar-refractivity contribution in [2.24, 2.45) is 11.8 Å². The molecule has 0 aromatic heterocycles. The number of nitrogens with zero attached hydrogens (tertiary/aromatic N) is 2. The van der Waals surface area contributed by atoms with E-state index >= 15 is 0 Å². The third-order valence-corrected chi connectivity index (χ3v) is 8.94. The summed E-state index contributed by atoms with van der Waals surface area (Å²) in [5.41, 5.74) is 1.68. The standard InChI is InChI=1S/C23H34N4O4S/c28-22(25-23(17-3-4-17)18-5-6-18)16-24-20-15-19(7-8-21(20)26-9-1-2-10-26)32(29,30)27-11-13-31-14-12-27/h7-8,15,17-18,23-24H,1-6,9-14,16H2,(H,25,28). The summed E-state index contributed by atoms with van der Waals surface area (Å²) in [5.74, 6) is 1.28. The first-order valence-corrected chi connectivity index (χ1v) is 13.5. The molecule has 32 heavy (non-hydrogen) atoms. The van der Waals surface area contributed by atoms with Crippen molar-refractivity contribution in [2.45, 2.75) is 49.5 Å². The lowest BCUT2D eigenvalue weighted by Gasteiger charge is -2.27. The summed E-state index contributed by atoms with van der Waals surface area (Å²) in [6, 6.07) is 5.59. The Kier molecular flexibility index (Phi) is 6.31. The van der Waals surface area contributed by atoms with E-state index in [1.807, 2.05) is 6.07 Å². The second-order valence-corrected chi connectivity index (χ2v) is 11.4. The van der Waals surface area contributed by atoms with Crippen molar-refractivity contribution in [3.8, 4) is 0 Å². The minimum absolute atomic E-state index is 0.0115. The number of sulfonamides is 1. The molecule has 1 amide bonds. The fraction of sp³-hybridized carbons (Fsp3) is 0.696. The molecule has 5 rings (SSSR count). The molecule has 0 radical (unpaired) electrons. The van der Waals surface area contributed by atoms with Crippen LogP contribution in [0.1, 0.15) is 38.5 Å². The summed E-state index contributed by atoms with van der Waals surface area (Å²) in [6.45, 7) is 3.61. The lowest BCUT2D eigenvalue weighted by molar-refractivity contribution is -0.120. The van der Waals surface area contributed by atoms with Crippen LogP contribution < -0.4 is 15.5 Å². The Morgan fingerprint density at radius 2 is 1.69 bits per heavy atom. The van der Waals surface area contributed by atoms with Crippen LogP contribution in [0.4, 0.5) is 11.4 Å². The topological polar surface area (TPSA) is 91.0 Å². The molecule has 2 saturated heterocycles. The van der Waals surface area contributed by atoms with E-state index in [4.69, 9.17) is 4.74 Å². The normalized spacial score (nSPS) is 22.3. The summed E-state index contributed by atoms with van der Waals surface area (Å²) in [7, 11) is -3.59. The first-order valence-electron chi connectivity index (χ1n) is 12.0. The molecule has 4 aliphatic rings. The molecular formula is C23H34N4O4S. The van der Waals surface area contributed by atoms with Gasteiger partial charge in [0.1, 0.15) is 0 Å². The van der Waals surface area contributed by atoms with Gasteiger partial charge in [0.05, 0.1) is 36.0 Å². The Morgan fingerprint density at radius 3 is 2.31 bits per heavy atom. The molecule has 2 saturated carbocycles. The predicted octanol–water partition coefficient (Wildman–Crippen LogP) is 2.02. The zero-order valence-corrected chi connectivity index (χ0v) is 19.4. The fourth-order valence-electron chi connectivity index (χ4n) is 4.93. The molecule has 0 unspecified atom stereocenters. The smallest absolute Gasteiger partial charge is 0.243 e. The molecule has 1 aromatic rings. The van der Waals surface area contributed by atoms with Gasteiger partial charge in [0.15, 0.2) is 0 Å². The summed E-state index contributed by atoms with van der Waals surface area (Å²) >= 11 is 0. The Hall–Kier alpha value is -1.84. The highest BCUT2D eigenvalue weighted by Gasteiger charge is 2.42. The van der Waals surface area contributed by atoms with E-state index in [0.29, 0.717) is 49.9 Å². The van der Waals surface area contributed by atoms with Gasteiger partial charge < -0.3 is 20.3 Å². The number of morpholine rings is 1. The highest BCUT2D eigenvalue weighted by molar-refractivity contribution is 7.89. The van der Waals surface area contributed by atoms with E-state index in [1.165, 1.54) is 30.0 Å². The zero-order chi connectivity index (χ0) is 22.1. The first kappa shape index (κ1) is 22.0. The number of carbonyl (C=O) groups is 1. The van der Waals surface area contributed by atoms with Crippen LogP contribution >= 0.6 is 0 Å². The molecule has 4 fully saturated rings. The van der Waals surface area contributed by atoms with Crippen LogP contribution in [0.3, 0.4) is 0 Å². The van der Waals surface area contributed by atoms with E-state index in [0.717, 1.165) is 31.6 Å². The quantitative estimate of drug-likeness (QED) is 0.584. The number of hydrogen-bond acceptors (Lipinski definition) is 6. The van der Waals surface area contributed by atoms with Gasteiger partial charge in [-0.15, -0.1) is 0 Å². The number of nitrogens with one attached hydrogen (secondary N) is 2. The highest BCUT2D eigenvalue weighted by Crippen LogP contribution is 2.44. The van der Waals surface area contributed by atoms with Crippen molar-refractivity contribution in [1.82, 2.24) is 9.62 Å². The Bertz CT molecular complexity index is 921. The number of benzene rings is 1. The van der Waals surface area contributed by atoms with Gasteiger partial charge in [0.25, 0.3) is 0 Å². The molecular weight excluding hydrogens is 428 g/mol. The van der Waals surface area contributed by atoms with Crippen LogP contribution in [-0.2, 0) is 19.6 Å². The van der Waals surface area contributed by atoms with Crippen molar-refractivity contribution in [3.63, 3.8) is 0 Å². The van der Waals surface area contributed by atoms with Crippen molar-refractivity contribution in [3.05, 3.63) is 18.2 Å². The van der Waals surface area contributed by atoms with Crippen LogP contribution in [0.2, 0.25) is 0 Å². The van der Waals surface area contributed by atoms with Crippen LogP contribution in [-0.4, -0.2) is 70.6 Å². The number of amides is 1. The van der Waals surface area contributed by atoms with Gasteiger partial charge in [-0.05, 0) is 68.6 Å². The Morgan fingerprint density at radius 1 is 1.03 bits per heavy atom. The second-order valence-electron chi connectivity index (χ2n) is 9.51. The third kappa shape index (κ3) is 4.89. The molecule has 0 atom stereocenters. The first-order chi connectivity index (χ1) is 15.5. The molecule has 2 N–H and O–H groups in total. The van der Waals surface area contributed by atoms with E-state index in [-0.39, 0.29) is 17.3 Å². The monoisotopic (exact) mass is 462 g/mol. The molecule has 0 spiro atoms. The molecule has 2 aliphatic heterocycles. The molecule has 0 bridgehead atoms. The third-order valence-electron chi connectivity index (χ3n) is 7.05. The Labute approximate surface area is 190 Å². The minimum atomic E-state index is -3.59. The van der Waals surface area contributed by atoms with Crippen molar-refractivity contribution in [2.75, 3.05) is 56.2 Å². The maximum absolute atomic E-state index is 13.2. The minimum Gasteiger partial charge on any atom is -0.379 e. The second kappa shape index (κ2) is 9.19. The zero-order valence-electron chi connectivity index (χ0n) is 18.6. The molecule has 2 aliphatic carbocycles. The Balaban J connectivity index is 1.32. The van der Waals surface area contributed by atoms with E-state index in [1.54, 1.807) is 12.1 Å². The van der Waals surface area contributed by atoms with E-state index < -0.39 is 10.0 Å². The van der Waals surface area contributed by atoms with Gasteiger partial charge in [0, 0.05) is 32.2 Å². The van der Waals surface area contributed by atoms with Crippen molar-refractivity contribution < 1.29 is 17.9 Å². The average molecular weight is 463 g/mol. The van der Waals surface area contributed by atoms with Crippen molar-refractivity contribution in [1.29, 1.82) is 0 Å². The highest BCUT2D eigenvalue weighted by atomic mass is 32.2. The molecule has 9 heteroatoms. The summed E-state index contributed by atoms with van der Waals surface area (Å²) in [6.07, 6.45) is 7.12. The lowest BCUT2D eigenvalue weighted by atomic mass is 10.1. The maximum Gasteiger partial charge on any atom is 0.243 e. The van der Waals surface area contributed by atoms with Gasteiger partial charge in [-0.2, -0.15) is 4.31 Å². The van der Waals surface area contributed by atoms with Crippen LogP contribution in [0, 0.1) is 11.8 Å². The van der Waals surface area contributed by atoms with E-state index in [9.17, 15) is 13.2 Å². The molecule has 1 aromatic carbocycles. The molecule has 8 nitrogen and oxygen atoms in total.